The fraction of sp³-hybridized carbons (Fsp3) is 0.565. The predicted octanol–water partition coefficient (Wildman–Crippen LogP) is 4.25. The van der Waals surface area contributed by atoms with E-state index in [0.29, 0.717) is 6.04 Å². The summed E-state index contributed by atoms with van der Waals surface area (Å²) in [5, 5.41) is 3.69. The molecule has 0 radical (unpaired) electrons. The van der Waals surface area contributed by atoms with Crippen LogP contribution < -0.4 is 19.9 Å². The van der Waals surface area contributed by atoms with E-state index in [1.54, 1.807) is 7.11 Å². The number of hydrogen-bond acceptors (Lipinski definition) is 6. The summed E-state index contributed by atoms with van der Waals surface area (Å²) in [6.45, 7) is 5.90. The highest BCUT2D eigenvalue weighted by Gasteiger charge is 2.20. The number of aryl methyl sites for hydroxylation is 1. The fourth-order valence-electron chi connectivity index (χ4n) is 4.41. The first-order valence-electron chi connectivity index (χ1n) is 11.0. The lowest BCUT2D eigenvalue weighted by molar-refractivity contribution is 0.415. The summed E-state index contributed by atoms with van der Waals surface area (Å²) in [5.74, 6) is 3.77. The number of benzene rings is 1. The van der Waals surface area contributed by atoms with E-state index >= 15 is 0 Å². The number of anilines is 3. The van der Waals surface area contributed by atoms with Gasteiger partial charge in [-0.15, -0.1) is 0 Å². The quantitative estimate of drug-likeness (QED) is 0.764. The number of rotatable bonds is 5. The van der Waals surface area contributed by atoms with Crippen molar-refractivity contribution in [2.45, 2.75) is 51.5 Å². The first-order chi connectivity index (χ1) is 14.2. The van der Waals surface area contributed by atoms with E-state index in [1.165, 1.54) is 44.2 Å². The van der Waals surface area contributed by atoms with Crippen molar-refractivity contribution in [1.29, 1.82) is 0 Å². The predicted molar refractivity (Wildman–Crippen MR) is 119 cm³/mol. The molecule has 29 heavy (non-hydrogen) atoms. The molecule has 1 saturated carbocycles. The summed E-state index contributed by atoms with van der Waals surface area (Å²) in [4.78, 5) is 14.2. The van der Waals surface area contributed by atoms with Gasteiger partial charge in [0.05, 0.1) is 7.11 Å². The molecule has 2 aromatic rings. The molecule has 0 unspecified atom stereocenters. The van der Waals surface area contributed by atoms with E-state index in [2.05, 4.69) is 38.3 Å². The Hall–Kier alpha value is -2.50. The van der Waals surface area contributed by atoms with Gasteiger partial charge in [-0.25, -0.2) is 9.97 Å². The third-order valence-electron chi connectivity index (χ3n) is 6.07. The second-order valence-corrected chi connectivity index (χ2v) is 8.16. The van der Waals surface area contributed by atoms with Crippen LogP contribution in [0.2, 0.25) is 0 Å². The van der Waals surface area contributed by atoms with Gasteiger partial charge >= 0.3 is 0 Å². The molecular formula is C23H33N5O. The van der Waals surface area contributed by atoms with Crippen molar-refractivity contribution in [3.63, 3.8) is 0 Å². The molecule has 2 aliphatic rings. The first-order valence-corrected chi connectivity index (χ1v) is 11.0. The van der Waals surface area contributed by atoms with Crippen molar-refractivity contribution in [2.75, 3.05) is 48.4 Å². The standard InChI is InChI=1S/C23H33N5O/c1-18-24-22(26-19-7-5-3-4-6-8-19)17-23(25-18)28-15-13-27(14-16-28)20-9-11-21(29-2)12-10-20/h9-12,17,19H,3-8,13-16H2,1-2H3,(H,24,25,26). The van der Waals surface area contributed by atoms with E-state index in [0.717, 1.165) is 49.4 Å². The summed E-state index contributed by atoms with van der Waals surface area (Å²) >= 11 is 0. The highest BCUT2D eigenvalue weighted by molar-refractivity contribution is 5.54. The molecule has 6 heteroatoms. The third-order valence-corrected chi connectivity index (χ3v) is 6.07. The lowest BCUT2D eigenvalue weighted by atomic mass is 10.1. The Balaban J connectivity index is 1.39. The zero-order chi connectivity index (χ0) is 20.1. The van der Waals surface area contributed by atoms with E-state index in [9.17, 15) is 0 Å². The van der Waals surface area contributed by atoms with Crippen LogP contribution in [0.25, 0.3) is 0 Å². The Kier molecular flexibility index (Phi) is 6.37. The molecule has 2 fully saturated rings. The maximum atomic E-state index is 5.27. The number of nitrogens with one attached hydrogen (secondary N) is 1. The van der Waals surface area contributed by atoms with Crippen LogP contribution >= 0.6 is 0 Å². The largest absolute Gasteiger partial charge is 0.497 e. The minimum atomic E-state index is 0.548. The van der Waals surface area contributed by atoms with E-state index in [4.69, 9.17) is 9.72 Å². The van der Waals surface area contributed by atoms with Crippen molar-refractivity contribution in [3.05, 3.63) is 36.2 Å². The zero-order valence-corrected chi connectivity index (χ0v) is 17.7. The summed E-state index contributed by atoms with van der Waals surface area (Å²) in [5.41, 5.74) is 1.25. The molecule has 1 aliphatic heterocycles. The van der Waals surface area contributed by atoms with Gasteiger partial charge in [0.2, 0.25) is 0 Å². The fourth-order valence-corrected chi connectivity index (χ4v) is 4.41. The van der Waals surface area contributed by atoms with Gasteiger partial charge in [-0.1, -0.05) is 25.7 Å². The van der Waals surface area contributed by atoms with Crippen LogP contribution in [-0.2, 0) is 0 Å². The summed E-state index contributed by atoms with van der Waals surface area (Å²) < 4.78 is 5.27. The molecule has 156 valence electrons. The Bertz CT molecular complexity index is 778. The summed E-state index contributed by atoms with van der Waals surface area (Å²) in [7, 11) is 1.70. The zero-order valence-electron chi connectivity index (χ0n) is 17.7. The molecule has 4 rings (SSSR count). The Morgan fingerprint density at radius 3 is 2.21 bits per heavy atom. The number of aromatic nitrogens is 2. The van der Waals surface area contributed by atoms with Gasteiger partial charge in [-0.3, -0.25) is 0 Å². The Morgan fingerprint density at radius 2 is 1.55 bits per heavy atom. The van der Waals surface area contributed by atoms with Gasteiger partial charge in [0.15, 0.2) is 0 Å². The average molecular weight is 396 g/mol. The third kappa shape index (κ3) is 5.11. The normalized spacial score (nSPS) is 18.4. The summed E-state index contributed by atoms with van der Waals surface area (Å²) in [6, 6.07) is 11.0. The van der Waals surface area contributed by atoms with Crippen LogP contribution in [0.3, 0.4) is 0 Å². The van der Waals surface area contributed by atoms with Gasteiger partial charge < -0.3 is 19.9 Å². The van der Waals surface area contributed by atoms with Gasteiger partial charge in [0, 0.05) is 44.0 Å². The molecule has 1 aliphatic carbocycles. The molecule has 6 nitrogen and oxygen atoms in total. The van der Waals surface area contributed by atoms with Crippen LogP contribution in [-0.4, -0.2) is 49.3 Å². The van der Waals surface area contributed by atoms with Crippen molar-refractivity contribution in [3.8, 4) is 5.75 Å². The second kappa shape index (κ2) is 9.33. The highest BCUT2D eigenvalue weighted by atomic mass is 16.5. The van der Waals surface area contributed by atoms with E-state index in [-0.39, 0.29) is 0 Å². The summed E-state index contributed by atoms with van der Waals surface area (Å²) in [6.07, 6.45) is 7.87. The molecule has 1 N–H and O–H groups in total. The van der Waals surface area contributed by atoms with Crippen LogP contribution in [0, 0.1) is 6.92 Å². The Labute approximate surface area is 174 Å². The lowest BCUT2D eigenvalue weighted by Crippen LogP contribution is -2.47. The van der Waals surface area contributed by atoms with Gasteiger partial charge in [0.1, 0.15) is 23.2 Å². The molecular weight excluding hydrogens is 362 g/mol. The SMILES string of the molecule is COc1ccc(N2CCN(c3cc(NC4CCCCCC4)nc(C)n3)CC2)cc1. The molecule has 0 bridgehead atoms. The smallest absolute Gasteiger partial charge is 0.134 e. The van der Waals surface area contributed by atoms with Crippen LogP contribution in [0.15, 0.2) is 30.3 Å². The first kappa shape index (κ1) is 19.8. The second-order valence-electron chi connectivity index (χ2n) is 8.16. The number of piperazine rings is 1. The number of hydrogen-bond donors (Lipinski definition) is 1. The molecule has 1 saturated heterocycles. The topological polar surface area (TPSA) is 53.5 Å². The molecule has 2 heterocycles. The average Bonchev–Trinajstić information content (AvgIpc) is 3.02. The van der Waals surface area contributed by atoms with Gasteiger partial charge in [-0.2, -0.15) is 0 Å². The van der Waals surface area contributed by atoms with Crippen molar-refractivity contribution >= 4 is 17.3 Å². The minimum absolute atomic E-state index is 0.548. The highest BCUT2D eigenvalue weighted by Crippen LogP contribution is 2.25. The minimum Gasteiger partial charge on any atom is -0.497 e. The van der Waals surface area contributed by atoms with Crippen molar-refractivity contribution < 1.29 is 4.74 Å². The monoisotopic (exact) mass is 395 g/mol. The molecule has 0 spiro atoms. The Morgan fingerprint density at radius 1 is 0.897 bits per heavy atom. The maximum Gasteiger partial charge on any atom is 0.134 e. The molecule has 0 atom stereocenters. The van der Waals surface area contributed by atoms with E-state index < -0.39 is 0 Å². The number of nitrogens with zero attached hydrogens (tertiary/aromatic N) is 4. The van der Waals surface area contributed by atoms with Crippen LogP contribution in [0.4, 0.5) is 17.3 Å². The van der Waals surface area contributed by atoms with Crippen LogP contribution in [0.1, 0.15) is 44.3 Å². The van der Waals surface area contributed by atoms with Crippen molar-refractivity contribution in [1.82, 2.24) is 9.97 Å². The molecule has 0 amide bonds. The molecule has 1 aromatic heterocycles. The molecule has 1 aromatic carbocycles. The number of methoxy groups -OCH3 is 1. The van der Waals surface area contributed by atoms with Gasteiger partial charge in [0.25, 0.3) is 0 Å². The van der Waals surface area contributed by atoms with E-state index in [1.807, 2.05) is 19.1 Å². The maximum absolute atomic E-state index is 5.27. The van der Waals surface area contributed by atoms with Crippen molar-refractivity contribution in [2.24, 2.45) is 0 Å². The lowest BCUT2D eigenvalue weighted by Gasteiger charge is -2.37. The number of ether oxygens (including phenoxy) is 1. The van der Waals surface area contributed by atoms with Gasteiger partial charge in [-0.05, 0) is 44.0 Å². The van der Waals surface area contributed by atoms with Crippen LogP contribution in [0.5, 0.6) is 5.75 Å².